The van der Waals surface area contributed by atoms with Crippen molar-refractivity contribution in [2.75, 3.05) is 6.61 Å². The van der Waals surface area contributed by atoms with E-state index in [9.17, 15) is 14.7 Å². The molecule has 0 fully saturated rings. The fourth-order valence-corrected chi connectivity index (χ4v) is 5.43. The van der Waals surface area contributed by atoms with Crippen molar-refractivity contribution in [1.82, 2.24) is 0 Å². The average Bonchev–Trinajstić information content (AvgIpc) is 2.74. The predicted molar refractivity (Wildman–Crippen MR) is 152 cm³/mol. The molecule has 0 unspecified atom stereocenters. The lowest BCUT2D eigenvalue weighted by Crippen LogP contribution is -2.52. The van der Waals surface area contributed by atoms with Crippen LogP contribution in [0.1, 0.15) is 81.2 Å². The molecule has 0 aliphatic rings. The molecule has 0 amide bonds. The Bertz CT molecular complexity index is 866. The molecule has 37 heavy (non-hydrogen) atoms. The van der Waals surface area contributed by atoms with Gasteiger partial charge in [-0.15, -0.1) is 0 Å². The third kappa shape index (κ3) is 10.3. The Morgan fingerprint density at radius 3 is 1.97 bits per heavy atom. The number of ether oxygens (including phenoxy) is 2. The Kier molecular flexibility index (Phi) is 11.8. The molecule has 0 bridgehead atoms. The molecule has 6 nitrogen and oxygen atoms in total. The molecule has 0 saturated heterocycles. The van der Waals surface area contributed by atoms with Gasteiger partial charge in [0.1, 0.15) is 11.4 Å². The van der Waals surface area contributed by atoms with E-state index >= 15 is 0 Å². The summed E-state index contributed by atoms with van der Waals surface area (Å²) in [6, 6.07) is 9.99. The van der Waals surface area contributed by atoms with E-state index in [1.165, 1.54) is 0 Å². The van der Waals surface area contributed by atoms with Crippen molar-refractivity contribution in [3.63, 3.8) is 0 Å². The normalized spacial score (nSPS) is 16.6. The molecule has 4 atom stereocenters. The lowest BCUT2D eigenvalue weighted by molar-refractivity contribution is -0.160. The summed E-state index contributed by atoms with van der Waals surface area (Å²) in [6.07, 6.45) is -1.81. The summed E-state index contributed by atoms with van der Waals surface area (Å²) in [6.45, 7) is 24.4. The number of hydrogen-bond acceptors (Lipinski definition) is 6. The maximum Gasteiger partial charge on any atom is 0.308 e. The zero-order valence-electron chi connectivity index (χ0n) is 25.3. The summed E-state index contributed by atoms with van der Waals surface area (Å²) in [5.74, 6) is -1.23. The maximum absolute atomic E-state index is 13.8. The second-order valence-corrected chi connectivity index (χ2v) is 18.3. The van der Waals surface area contributed by atoms with Crippen molar-refractivity contribution in [2.24, 2.45) is 17.3 Å². The number of esters is 1. The number of carbonyl (C=O) groups excluding carboxylic acids is 2. The Labute approximate surface area is 226 Å². The van der Waals surface area contributed by atoms with E-state index < -0.39 is 43.4 Å². The molecular formula is C30H52O6Si. The van der Waals surface area contributed by atoms with Gasteiger partial charge in [0, 0.05) is 11.8 Å². The van der Waals surface area contributed by atoms with Crippen LogP contribution in [-0.2, 0) is 30.1 Å². The van der Waals surface area contributed by atoms with E-state index in [0.717, 1.165) is 5.56 Å². The molecule has 212 valence electrons. The van der Waals surface area contributed by atoms with Crippen LogP contribution in [-0.4, -0.2) is 49.6 Å². The second-order valence-electron chi connectivity index (χ2n) is 13.5. The minimum absolute atomic E-state index is 0.0373. The van der Waals surface area contributed by atoms with Crippen LogP contribution in [0.5, 0.6) is 0 Å². The largest absolute Gasteiger partial charge is 0.460 e. The number of rotatable bonds is 13. The minimum Gasteiger partial charge on any atom is -0.460 e. The molecule has 1 N–H and O–H groups in total. The molecule has 0 aliphatic carbocycles. The quantitative estimate of drug-likeness (QED) is 0.227. The first-order valence-electron chi connectivity index (χ1n) is 13.4. The SMILES string of the molecule is C[C@@H](COCc1ccccc1)[C@H](O[Si](C)(C)C(C)(C)C)[C@@H](C)C(=O)C(C)(C)[C@@H](O)CC(=O)OC(C)(C)C. The van der Waals surface area contributed by atoms with Gasteiger partial charge in [0.2, 0.25) is 0 Å². The van der Waals surface area contributed by atoms with Gasteiger partial charge in [-0.2, -0.15) is 0 Å². The highest BCUT2D eigenvalue weighted by atomic mass is 28.4. The zero-order chi connectivity index (χ0) is 28.8. The Hall–Kier alpha value is -1.54. The predicted octanol–water partition coefficient (Wildman–Crippen LogP) is 6.55. The zero-order valence-corrected chi connectivity index (χ0v) is 26.3. The molecule has 0 saturated carbocycles. The van der Waals surface area contributed by atoms with E-state index in [4.69, 9.17) is 13.9 Å². The minimum atomic E-state index is -2.23. The van der Waals surface area contributed by atoms with Crippen LogP contribution < -0.4 is 0 Å². The number of ketones is 1. The maximum atomic E-state index is 13.8. The van der Waals surface area contributed by atoms with E-state index in [1.54, 1.807) is 34.6 Å². The van der Waals surface area contributed by atoms with Crippen molar-refractivity contribution in [3.8, 4) is 0 Å². The van der Waals surface area contributed by atoms with Crippen LogP contribution in [0.3, 0.4) is 0 Å². The number of aliphatic hydroxyl groups excluding tert-OH is 1. The van der Waals surface area contributed by atoms with Crippen LogP contribution in [0.25, 0.3) is 0 Å². The molecular weight excluding hydrogens is 484 g/mol. The molecule has 1 rings (SSSR count). The highest BCUT2D eigenvalue weighted by Gasteiger charge is 2.46. The van der Waals surface area contributed by atoms with Crippen molar-refractivity contribution >= 4 is 20.1 Å². The first kappa shape index (κ1) is 33.5. The van der Waals surface area contributed by atoms with Gasteiger partial charge in [-0.1, -0.05) is 78.8 Å². The molecule has 0 heterocycles. The third-order valence-corrected chi connectivity index (χ3v) is 11.9. The number of aliphatic hydroxyl groups is 1. The van der Waals surface area contributed by atoms with Gasteiger partial charge < -0.3 is 19.0 Å². The monoisotopic (exact) mass is 536 g/mol. The summed E-state index contributed by atoms with van der Waals surface area (Å²) in [7, 11) is -2.23. The highest BCUT2D eigenvalue weighted by molar-refractivity contribution is 6.74. The van der Waals surface area contributed by atoms with Crippen molar-refractivity contribution in [2.45, 2.75) is 118 Å². The standard InChI is InChI=1S/C30H52O6Si/c1-21(19-34-20-23-16-14-13-15-17-23)26(36-37(11,12)29(6,7)8)22(2)27(33)30(9,10)24(31)18-25(32)35-28(3,4)5/h13-17,21-22,24,26,31H,18-20H2,1-12H3/t21-,22+,24-,26-/m0/s1. The van der Waals surface area contributed by atoms with Crippen LogP contribution in [0.4, 0.5) is 0 Å². The molecule has 1 aromatic carbocycles. The first-order chi connectivity index (χ1) is 16.7. The van der Waals surface area contributed by atoms with Crippen LogP contribution in [0, 0.1) is 17.3 Å². The van der Waals surface area contributed by atoms with E-state index in [1.807, 2.05) is 37.3 Å². The first-order valence-corrected chi connectivity index (χ1v) is 16.3. The summed E-state index contributed by atoms with van der Waals surface area (Å²) >= 11 is 0. The Morgan fingerprint density at radius 2 is 1.49 bits per heavy atom. The number of benzene rings is 1. The van der Waals surface area contributed by atoms with Crippen LogP contribution >= 0.6 is 0 Å². The number of hydrogen-bond donors (Lipinski definition) is 1. The summed E-state index contributed by atoms with van der Waals surface area (Å²) in [5, 5.41) is 10.9. The summed E-state index contributed by atoms with van der Waals surface area (Å²) in [5.41, 5.74) is -0.724. The molecule has 0 aliphatic heterocycles. The van der Waals surface area contributed by atoms with Gasteiger partial charge in [-0.25, -0.2) is 0 Å². The van der Waals surface area contributed by atoms with Crippen molar-refractivity contribution in [1.29, 1.82) is 0 Å². The van der Waals surface area contributed by atoms with Crippen molar-refractivity contribution in [3.05, 3.63) is 35.9 Å². The van der Waals surface area contributed by atoms with Gasteiger partial charge in [-0.05, 0) is 44.5 Å². The Balaban J connectivity index is 3.09. The van der Waals surface area contributed by atoms with E-state index in [2.05, 4.69) is 40.8 Å². The molecule has 1 aromatic rings. The van der Waals surface area contributed by atoms with Gasteiger partial charge in [0.05, 0.1) is 37.3 Å². The summed E-state index contributed by atoms with van der Waals surface area (Å²) in [4.78, 5) is 26.2. The lowest BCUT2D eigenvalue weighted by atomic mass is 9.73. The summed E-state index contributed by atoms with van der Waals surface area (Å²) < 4.78 is 18.2. The van der Waals surface area contributed by atoms with Gasteiger partial charge in [0.15, 0.2) is 8.32 Å². The topological polar surface area (TPSA) is 82.1 Å². The van der Waals surface area contributed by atoms with E-state index in [-0.39, 0.29) is 23.2 Å². The van der Waals surface area contributed by atoms with E-state index in [0.29, 0.717) is 13.2 Å². The Morgan fingerprint density at radius 1 is 0.946 bits per heavy atom. The van der Waals surface area contributed by atoms with Gasteiger partial charge >= 0.3 is 5.97 Å². The number of carbonyl (C=O) groups is 2. The second kappa shape index (κ2) is 13.0. The van der Waals surface area contributed by atoms with Gasteiger partial charge in [0.25, 0.3) is 0 Å². The lowest BCUT2D eigenvalue weighted by Gasteiger charge is -2.44. The molecule has 0 spiro atoms. The van der Waals surface area contributed by atoms with Crippen LogP contribution in [0.2, 0.25) is 18.1 Å². The number of Topliss-reactive ketones (excluding diaryl/α,β-unsaturated/α-hetero) is 1. The molecule has 0 radical (unpaired) electrons. The fourth-order valence-electron chi connectivity index (χ4n) is 3.96. The third-order valence-electron chi connectivity index (χ3n) is 7.44. The highest BCUT2D eigenvalue weighted by Crippen LogP contribution is 2.40. The molecule has 7 heteroatoms. The molecule has 0 aromatic heterocycles. The van der Waals surface area contributed by atoms with Gasteiger partial charge in [-0.3, -0.25) is 9.59 Å². The average molecular weight is 537 g/mol. The van der Waals surface area contributed by atoms with Crippen molar-refractivity contribution < 1.29 is 28.6 Å². The van der Waals surface area contributed by atoms with Crippen LogP contribution in [0.15, 0.2) is 30.3 Å². The fraction of sp³-hybridized carbons (Fsp3) is 0.733. The smallest absolute Gasteiger partial charge is 0.308 e.